The van der Waals surface area contributed by atoms with Crippen LogP contribution >= 0.6 is 0 Å². The maximum atomic E-state index is 11.0. The molecule has 2 aromatic rings. The first-order chi connectivity index (χ1) is 8.50. The Balaban J connectivity index is 2.56. The van der Waals surface area contributed by atoms with Crippen LogP contribution in [-0.2, 0) is 0 Å². The molecule has 0 unspecified atom stereocenters. The summed E-state index contributed by atoms with van der Waals surface area (Å²) in [5, 5.41) is 13.2. The van der Waals surface area contributed by atoms with Gasteiger partial charge in [0, 0.05) is 11.8 Å². The van der Waals surface area contributed by atoms with E-state index in [0.717, 1.165) is 11.3 Å². The number of nitrogens with zero attached hydrogens (tertiary/aromatic N) is 2. The molecular weight excluding hydrogens is 228 g/mol. The van der Waals surface area contributed by atoms with Gasteiger partial charge in [-0.3, -0.25) is 0 Å². The SMILES string of the molecule is Cc1cn(-c2ccccc2C(C)C)nc1C(=O)O. The number of carboxylic acids is 1. The van der Waals surface area contributed by atoms with Crippen molar-refractivity contribution in [1.29, 1.82) is 0 Å². The van der Waals surface area contributed by atoms with Gasteiger partial charge in [0.15, 0.2) is 5.69 Å². The van der Waals surface area contributed by atoms with Crippen LogP contribution in [0.2, 0.25) is 0 Å². The van der Waals surface area contributed by atoms with Crippen molar-refractivity contribution in [2.24, 2.45) is 0 Å². The molecule has 0 amide bonds. The summed E-state index contributed by atoms with van der Waals surface area (Å²) in [6.07, 6.45) is 1.75. The van der Waals surface area contributed by atoms with Gasteiger partial charge in [0.25, 0.3) is 0 Å². The number of hydrogen-bond donors (Lipinski definition) is 1. The lowest BCUT2D eigenvalue weighted by atomic mass is 10.0. The average molecular weight is 244 g/mol. The van der Waals surface area contributed by atoms with Gasteiger partial charge >= 0.3 is 5.97 Å². The molecule has 0 saturated heterocycles. The minimum absolute atomic E-state index is 0.105. The molecule has 2 rings (SSSR count). The van der Waals surface area contributed by atoms with E-state index in [-0.39, 0.29) is 5.69 Å². The Morgan fingerprint density at radius 3 is 2.56 bits per heavy atom. The molecule has 0 spiro atoms. The molecule has 0 aliphatic carbocycles. The third kappa shape index (κ3) is 2.14. The van der Waals surface area contributed by atoms with Gasteiger partial charge in [-0.25, -0.2) is 9.48 Å². The van der Waals surface area contributed by atoms with E-state index in [0.29, 0.717) is 11.5 Å². The number of rotatable bonds is 3. The summed E-state index contributed by atoms with van der Waals surface area (Å²) in [6.45, 7) is 5.96. The van der Waals surface area contributed by atoms with Gasteiger partial charge in [-0.05, 0) is 24.5 Å². The zero-order valence-electron chi connectivity index (χ0n) is 10.7. The van der Waals surface area contributed by atoms with Crippen LogP contribution in [0.4, 0.5) is 0 Å². The lowest BCUT2D eigenvalue weighted by Crippen LogP contribution is -2.04. The lowest BCUT2D eigenvalue weighted by molar-refractivity contribution is 0.0689. The maximum Gasteiger partial charge on any atom is 0.356 e. The van der Waals surface area contributed by atoms with Crippen LogP contribution < -0.4 is 0 Å². The lowest BCUT2D eigenvalue weighted by Gasteiger charge is -2.12. The minimum Gasteiger partial charge on any atom is -0.476 e. The van der Waals surface area contributed by atoms with Gasteiger partial charge in [-0.2, -0.15) is 5.10 Å². The van der Waals surface area contributed by atoms with E-state index in [1.165, 1.54) is 0 Å². The summed E-state index contributed by atoms with van der Waals surface area (Å²) in [5.41, 5.74) is 2.86. The van der Waals surface area contributed by atoms with E-state index in [4.69, 9.17) is 5.11 Å². The highest BCUT2D eigenvalue weighted by Gasteiger charge is 2.15. The normalized spacial score (nSPS) is 10.9. The zero-order chi connectivity index (χ0) is 13.3. The van der Waals surface area contributed by atoms with Gasteiger partial charge in [0.2, 0.25) is 0 Å². The standard InChI is InChI=1S/C14H16N2O2/c1-9(2)11-6-4-5-7-12(11)16-8-10(3)13(15-16)14(17)18/h4-9H,1-3H3,(H,17,18). The molecule has 1 heterocycles. The summed E-state index contributed by atoms with van der Waals surface area (Å²) in [4.78, 5) is 11.0. The number of carboxylic acid groups (broad SMARTS) is 1. The molecule has 0 radical (unpaired) electrons. The monoisotopic (exact) mass is 244 g/mol. The third-order valence-corrected chi connectivity index (χ3v) is 2.91. The Hall–Kier alpha value is -2.10. The minimum atomic E-state index is -0.992. The Bertz CT molecular complexity index is 585. The van der Waals surface area contributed by atoms with Gasteiger partial charge in [-0.15, -0.1) is 0 Å². The van der Waals surface area contributed by atoms with Crippen LogP contribution in [0.5, 0.6) is 0 Å². The van der Waals surface area contributed by atoms with Crippen LogP contribution in [0.25, 0.3) is 5.69 Å². The molecular formula is C14H16N2O2. The number of para-hydroxylation sites is 1. The van der Waals surface area contributed by atoms with E-state index in [2.05, 4.69) is 18.9 Å². The number of carbonyl (C=O) groups is 1. The van der Waals surface area contributed by atoms with Gasteiger partial charge in [0.1, 0.15) is 0 Å². The first kappa shape index (κ1) is 12.4. The fraction of sp³-hybridized carbons (Fsp3) is 0.286. The molecule has 4 nitrogen and oxygen atoms in total. The number of aryl methyl sites for hydroxylation is 1. The second kappa shape index (κ2) is 4.64. The molecule has 1 aromatic heterocycles. The summed E-state index contributed by atoms with van der Waals surface area (Å²) >= 11 is 0. The third-order valence-electron chi connectivity index (χ3n) is 2.91. The topological polar surface area (TPSA) is 55.1 Å². The number of hydrogen-bond acceptors (Lipinski definition) is 2. The predicted molar refractivity (Wildman–Crippen MR) is 69.3 cm³/mol. The quantitative estimate of drug-likeness (QED) is 0.903. The van der Waals surface area contributed by atoms with E-state index in [1.54, 1.807) is 17.8 Å². The van der Waals surface area contributed by atoms with Crippen LogP contribution in [0.15, 0.2) is 30.5 Å². The summed E-state index contributed by atoms with van der Waals surface area (Å²) < 4.78 is 1.65. The molecule has 4 heteroatoms. The van der Waals surface area contributed by atoms with Gasteiger partial charge < -0.3 is 5.11 Å². The average Bonchev–Trinajstić information content (AvgIpc) is 2.71. The van der Waals surface area contributed by atoms with Crippen molar-refractivity contribution < 1.29 is 9.90 Å². The van der Waals surface area contributed by atoms with Crippen LogP contribution in [-0.4, -0.2) is 20.9 Å². The van der Waals surface area contributed by atoms with Crippen molar-refractivity contribution in [3.63, 3.8) is 0 Å². The number of aromatic carboxylic acids is 1. The molecule has 18 heavy (non-hydrogen) atoms. The molecule has 0 bridgehead atoms. The molecule has 0 atom stereocenters. The Kier molecular flexibility index (Phi) is 3.19. The van der Waals surface area contributed by atoms with Crippen molar-refractivity contribution in [1.82, 2.24) is 9.78 Å². The van der Waals surface area contributed by atoms with Crippen LogP contribution in [0.3, 0.4) is 0 Å². The highest BCUT2D eigenvalue weighted by Crippen LogP contribution is 2.23. The second-order valence-corrected chi connectivity index (χ2v) is 4.62. The Morgan fingerprint density at radius 2 is 2.00 bits per heavy atom. The molecule has 0 fully saturated rings. The molecule has 0 aliphatic rings. The zero-order valence-corrected chi connectivity index (χ0v) is 10.7. The summed E-state index contributed by atoms with van der Waals surface area (Å²) in [6, 6.07) is 7.90. The van der Waals surface area contributed by atoms with E-state index in [9.17, 15) is 4.79 Å². The smallest absolute Gasteiger partial charge is 0.356 e. The van der Waals surface area contributed by atoms with E-state index in [1.807, 2.05) is 24.3 Å². The molecule has 1 N–H and O–H groups in total. The maximum absolute atomic E-state index is 11.0. The van der Waals surface area contributed by atoms with Crippen molar-refractivity contribution in [2.75, 3.05) is 0 Å². The molecule has 94 valence electrons. The Labute approximate surface area is 106 Å². The number of benzene rings is 1. The Morgan fingerprint density at radius 1 is 1.33 bits per heavy atom. The fourth-order valence-corrected chi connectivity index (χ4v) is 1.98. The highest BCUT2D eigenvalue weighted by molar-refractivity contribution is 5.86. The predicted octanol–water partition coefficient (Wildman–Crippen LogP) is 3.00. The molecule has 0 saturated carbocycles. The van der Waals surface area contributed by atoms with E-state index >= 15 is 0 Å². The largest absolute Gasteiger partial charge is 0.476 e. The summed E-state index contributed by atoms with van der Waals surface area (Å²) in [5.74, 6) is -0.632. The van der Waals surface area contributed by atoms with E-state index < -0.39 is 5.97 Å². The highest BCUT2D eigenvalue weighted by atomic mass is 16.4. The second-order valence-electron chi connectivity index (χ2n) is 4.62. The summed E-state index contributed by atoms with van der Waals surface area (Å²) in [7, 11) is 0. The first-order valence-corrected chi connectivity index (χ1v) is 5.89. The number of aromatic nitrogens is 2. The van der Waals surface area contributed by atoms with Crippen molar-refractivity contribution >= 4 is 5.97 Å². The molecule has 0 aliphatic heterocycles. The van der Waals surface area contributed by atoms with Gasteiger partial charge in [0.05, 0.1) is 5.69 Å². The molecule has 1 aromatic carbocycles. The fourth-order valence-electron chi connectivity index (χ4n) is 1.98. The van der Waals surface area contributed by atoms with Crippen LogP contribution in [0.1, 0.15) is 41.4 Å². The first-order valence-electron chi connectivity index (χ1n) is 5.89. The van der Waals surface area contributed by atoms with Crippen molar-refractivity contribution in [3.05, 3.63) is 47.3 Å². The van der Waals surface area contributed by atoms with Crippen LogP contribution in [0, 0.1) is 6.92 Å². The van der Waals surface area contributed by atoms with Crippen molar-refractivity contribution in [3.8, 4) is 5.69 Å². The van der Waals surface area contributed by atoms with Gasteiger partial charge in [-0.1, -0.05) is 32.0 Å². The van der Waals surface area contributed by atoms with Crippen molar-refractivity contribution in [2.45, 2.75) is 26.7 Å².